The van der Waals surface area contributed by atoms with E-state index in [0.29, 0.717) is 25.9 Å². The van der Waals surface area contributed by atoms with Gasteiger partial charge < -0.3 is 10.0 Å². The van der Waals surface area contributed by atoms with Gasteiger partial charge in [-0.1, -0.05) is 11.6 Å². The van der Waals surface area contributed by atoms with E-state index in [2.05, 4.69) is 9.97 Å². The lowest BCUT2D eigenvalue weighted by molar-refractivity contribution is 0.0349. The van der Waals surface area contributed by atoms with E-state index >= 15 is 0 Å². The van der Waals surface area contributed by atoms with E-state index in [0.717, 1.165) is 0 Å². The second kappa shape index (κ2) is 4.55. The van der Waals surface area contributed by atoms with Gasteiger partial charge in [0.05, 0.1) is 5.60 Å². The van der Waals surface area contributed by atoms with Gasteiger partial charge in [0, 0.05) is 13.1 Å². The van der Waals surface area contributed by atoms with Crippen molar-refractivity contribution < 1.29 is 9.50 Å². The van der Waals surface area contributed by atoms with E-state index in [1.807, 2.05) is 0 Å². The third-order valence-electron chi connectivity index (χ3n) is 2.91. The number of hydrogen-bond acceptors (Lipinski definition) is 4. The molecule has 1 aliphatic rings. The fourth-order valence-corrected chi connectivity index (χ4v) is 2.17. The smallest absolute Gasteiger partial charge is 0.225 e. The summed E-state index contributed by atoms with van der Waals surface area (Å²) in [7, 11) is 0. The van der Waals surface area contributed by atoms with Crippen LogP contribution in [0.4, 0.5) is 10.2 Å². The highest BCUT2D eigenvalue weighted by atomic mass is 35.5. The molecule has 1 fully saturated rings. The first-order valence-electron chi connectivity index (χ1n) is 5.25. The summed E-state index contributed by atoms with van der Waals surface area (Å²) in [6, 6.07) is 0. The first-order chi connectivity index (χ1) is 7.89. The first-order valence-corrected chi connectivity index (χ1v) is 6.00. The Balaban J connectivity index is 2.24. The predicted molar refractivity (Wildman–Crippen MR) is 64.1 cm³/mol. The Labute approximate surface area is 108 Å². The molecule has 1 aliphatic heterocycles. The molecule has 0 amide bonds. The second-order valence-electron chi connectivity index (χ2n) is 4.41. The zero-order valence-electron chi connectivity index (χ0n) is 9.25. The van der Waals surface area contributed by atoms with Gasteiger partial charge in [0.25, 0.3) is 0 Å². The molecule has 17 heavy (non-hydrogen) atoms. The van der Waals surface area contributed by atoms with Gasteiger partial charge in [-0.05, 0) is 31.4 Å². The van der Waals surface area contributed by atoms with Crippen molar-refractivity contribution in [1.82, 2.24) is 9.97 Å². The standard InChI is InChI=1S/C10H12Cl2FN3O/c1-10(17)2-4-16(5-3-10)8-6(13)7(11)14-9(12)15-8/h17H,2-5H2,1H3. The third kappa shape index (κ3) is 2.78. The van der Waals surface area contributed by atoms with Crippen molar-refractivity contribution in [2.45, 2.75) is 25.4 Å². The van der Waals surface area contributed by atoms with E-state index in [9.17, 15) is 9.50 Å². The van der Waals surface area contributed by atoms with Crippen LogP contribution in [0.3, 0.4) is 0 Å². The molecule has 0 bridgehead atoms. The summed E-state index contributed by atoms with van der Waals surface area (Å²) in [5.74, 6) is -0.567. The molecule has 1 saturated heterocycles. The molecule has 2 heterocycles. The number of aromatic nitrogens is 2. The van der Waals surface area contributed by atoms with Gasteiger partial charge >= 0.3 is 0 Å². The van der Waals surface area contributed by atoms with Crippen molar-refractivity contribution >= 4 is 29.0 Å². The summed E-state index contributed by atoms with van der Waals surface area (Å²) in [4.78, 5) is 9.09. The van der Waals surface area contributed by atoms with Crippen LogP contribution in [0.1, 0.15) is 19.8 Å². The van der Waals surface area contributed by atoms with Crippen molar-refractivity contribution in [3.63, 3.8) is 0 Å². The van der Waals surface area contributed by atoms with Crippen molar-refractivity contribution in [3.05, 3.63) is 16.3 Å². The summed E-state index contributed by atoms with van der Waals surface area (Å²) in [5.41, 5.74) is -0.701. The molecule has 94 valence electrons. The second-order valence-corrected chi connectivity index (χ2v) is 5.10. The molecular weight excluding hydrogens is 268 g/mol. The highest BCUT2D eigenvalue weighted by molar-refractivity contribution is 6.32. The molecule has 0 radical (unpaired) electrons. The summed E-state index contributed by atoms with van der Waals surface area (Å²) in [6.45, 7) is 2.78. The van der Waals surface area contributed by atoms with Gasteiger partial charge in [0.2, 0.25) is 11.1 Å². The molecule has 1 N–H and O–H groups in total. The molecule has 2 rings (SSSR count). The maximum absolute atomic E-state index is 13.7. The van der Waals surface area contributed by atoms with Crippen LogP contribution in [0.2, 0.25) is 10.4 Å². The summed E-state index contributed by atoms with van der Waals surface area (Å²) in [6.07, 6.45) is 1.09. The highest BCUT2D eigenvalue weighted by Crippen LogP contribution is 2.29. The average Bonchev–Trinajstić information content (AvgIpc) is 2.24. The number of anilines is 1. The van der Waals surface area contributed by atoms with Gasteiger partial charge in [0.1, 0.15) is 0 Å². The Morgan fingerprint density at radius 1 is 1.29 bits per heavy atom. The molecule has 0 aromatic carbocycles. The molecule has 0 saturated carbocycles. The lowest BCUT2D eigenvalue weighted by Gasteiger charge is -2.36. The lowest BCUT2D eigenvalue weighted by Crippen LogP contribution is -2.43. The molecule has 1 aromatic heterocycles. The lowest BCUT2D eigenvalue weighted by atomic mass is 9.94. The maximum Gasteiger partial charge on any atom is 0.225 e. The van der Waals surface area contributed by atoms with Gasteiger partial charge in [-0.3, -0.25) is 0 Å². The van der Waals surface area contributed by atoms with Crippen LogP contribution in [0.5, 0.6) is 0 Å². The fourth-order valence-electron chi connectivity index (χ4n) is 1.79. The largest absolute Gasteiger partial charge is 0.390 e. The molecule has 4 nitrogen and oxygen atoms in total. The van der Waals surface area contributed by atoms with Crippen LogP contribution in [-0.4, -0.2) is 33.8 Å². The van der Waals surface area contributed by atoms with Crippen LogP contribution in [-0.2, 0) is 0 Å². The molecular formula is C10H12Cl2FN3O. The number of rotatable bonds is 1. The summed E-state index contributed by atoms with van der Waals surface area (Å²) < 4.78 is 13.7. The SMILES string of the molecule is CC1(O)CCN(c2nc(Cl)nc(Cl)c2F)CC1. The van der Waals surface area contributed by atoms with Crippen LogP contribution >= 0.6 is 23.2 Å². The van der Waals surface area contributed by atoms with Crippen LogP contribution in [0.25, 0.3) is 0 Å². The van der Waals surface area contributed by atoms with Crippen LogP contribution < -0.4 is 4.90 Å². The minimum absolute atomic E-state index is 0.0799. The van der Waals surface area contributed by atoms with E-state index < -0.39 is 11.4 Å². The molecule has 0 spiro atoms. The highest BCUT2D eigenvalue weighted by Gasteiger charge is 2.29. The summed E-state index contributed by atoms with van der Waals surface area (Å²) in [5, 5.41) is 9.45. The normalized spacial score (nSPS) is 19.5. The zero-order valence-corrected chi connectivity index (χ0v) is 10.8. The van der Waals surface area contributed by atoms with Crippen molar-refractivity contribution in [2.24, 2.45) is 0 Å². The van der Waals surface area contributed by atoms with Gasteiger partial charge in [-0.2, -0.15) is 9.37 Å². The van der Waals surface area contributed by atoms with Crippen molar-refractivity contribution in [1.29, 1.82) is 0 Å². The zero-order chi connectivity index (χ0) is 12.6. The fraction of sp³-hybridized carbons (Fsp3) is 0.600. The molecule has 0 unspecified atom stereocenters. The van der Waals surface area contributed by atoms with Crippen molar-refractivity contribution in [2.75, 3.05) is 18.0 Å². The number of nitrogens with zero attached hydrogens (tertiary/aromatic N) is 3. The van der Waals surface area contributed by atoms with E-state index in [1.165, 1.54) is 0 Å². The van der Waals surface area contributed by atoms with E-state index in [4.69, 9.17) is 23.2 Å². The Morgan fingerprint density at radius 2 is 1.88 bits per heavy atom. The van der Waals surface area contributed by atoms with Crippen LogP contribution in [0.15, 0.2) is 0 Å². The Morgan fingerprint density at radius 3 is 2.47 bits per heavy atom. The molecule has 0 aliphatic carbocycles. The molecule has 0 atom stereocenters. The minimum atomic E-state index is -0.701. The number of piperidine rings is 1. The minimum Gasteiger partial charge on any atom is -0.390 e. The van der Waals surface area contributed by atoms with Crippen LogP contribution in [0, 0.1) is 5.82 Å². The average molecular weight is 280 g/mol. The topological polar surface area (TPSA) is 49.2 Å². The monoisotopic (exact) mass is 279 g/mol. The van der Waals surface area contributed by atoms with Gasteiger partial charge in [-0.25, -0.2) is 4.98 Å². The number of hydrogen-bond donors (Lipinski definition) is 1. The van der Waals surface area contributed by atoms with E-state index in [1.54, 1.807) is 11.8 Å². The maximum atomic E-state index is 13.7. The van der Waals surface area contributed by atoms with E-state index in [-0.39, 0.29) is 16.3 Å². The Kier molecular flexibility index (Phi) is 3.43. The Bertz CT molecular complexity index is 432. The Hall–Kier alpha value is -0.650. The third-order valence-corrected chi connectivity index (χ3v) is 3.33. The summed E-state index contributed by atoms with van der Waals surface area (Å²) >= 11 is 11.3. The first kappa shape index (κ1) is 12.8. The molecule has 7 heteroatoms. The number of aliphatic hydroxyl groups is 1. The number of halogens is 3. The quantitative estimate of drug-likeness (QED) is 0.633. The van der Waals surface area contributed by atoms with Crippen molar-refractivity contribution in [3.8, 4) is 0 Å². The van der Waals surface area contributed by atoms with Gasteiger partial charge in [-0.15, -0.1) is 0 Å². The predicted octanol–water partition coefficient (Wildman–Crippen LogP) is 2.27. The molecule has 1 aromatic rings. The van der Waals surface area contributed by atoms with Gasteiger partial charge in [0.15, 0.2) is 11.0 Å².